The third-order valence-corrected chi connectivity index (χ3v) is 2.36. The van der Waals surface area contributed by atoms with Crippen LogP contribution in [-0.4, -0.2) is 22.7 Å². The van der Waals surface area contributed by atoms with E-state index in [9.17, 15) is 4.79 Å². The number of nitrogens with zero attached hydrogens (tertiary/aromatic N) is 1. The van der Waals surface area contributed by atoms with Gasteiger partial charge in [-0.2, -0.15) is 0 Å². The molecule has 0 saturated carbocycles. The molecule has 1 aromatic carbocycles. The number of carbonyl (C=O) groups is 1. The van der Waals surface area contributed by atoms with E-state index in [-0.39, 0.29) is 0 Å². The Labute approximate surface area is 96.4 Å². The fourth-order valence-corrected chi connectivity index (χ4v) is 1.58. The lowest BCUT2D eigenvalue weighted by Crippen LogP contribution is -2.09. The average Bonchev–Trinajstić information content (AvgIpc) is 2.27. The highest BCUT2D eigenvalue weighted by atomic mass is 35.5. The number of carboxylic acids is 1. The Morgan fingerprint density at radius 2 is 2.25 bits per heavy atom. The average molecular weight is 238 g/mol. The van der Waals surface area contributed by atoms with Crippen molar-refractivity contribution < 1.29 is 14.6 Å². The number of fused-ring (bicyclic) bond motifs is 1. The number of benzene rings is 1. The van der Waals surface area contributed by atoms with E-state index in [1.54, 1.807) is 30.5 Å². The fourth-order valence-electron chi connectivity index (χ4n) is 1.37. The molecule has 0 aliphatic carbocycles. The summed E-state index contributed by atoms with van der Waals surface area (Å²) in [5.74, 6) is -0.610. The van der Waals surface area contributed by atoms with Gasteiger partial charge in [-0.25, -0.2) is 4.79 Å². The van der Waals surface area contributed by atoms with Crippen molar-refractivity contribution in [1.29, 1.82) is 0 Å². The van der Waals surface area contributed by atoms with Crippen molar-refractivity contribution in [3.8, 4) is 5.75 Å². The van der Waals surface area contributed by atoms with Gasteiger partial charge >= 0.3 is 5.97 Å². The number of aliphatic carboxylic acids is 1. The van der Waals surface area contributed by atoms with Gasteiger partial charge in [0.2, 0.25) is 0 Å². The van der Waals surface area contributed by atoms with Gasteiger partial charge in [0.25, 0.3) is 0 Å². The van der Waals surface area contributed by atoms with Crippen LogP contribution in [0.2, 0.25) is 5.02 Å². The molecule has 0 radical (unpaired) electrons. The molecule has 5 heteroatoms. The Hall–Kier alpha value is -1.81. The minimum Gasteiger partial charge on any atom is -0.480 e. The van der Waals surface area contributed by atoms with Crippen LogP contribution >= 0.6 is 11.6 Å². The zero-order valence-corrected chi connectivity index (χ0v) is 8.94. The zero-order valence-electron chi connectivity index (χ0n) is 8.18. The maximum Gasteiger partial charge on any atom is 0.341 e. The van der Waals surface area contributed by atoms with E-state index in [0.717, 1.165) is 5.39 Å². The first-order chi connectivity index (χ1) is 7.68. The lowest BCUT2D eigenvalue weighted by atomic mass is 10.2. The van der Waals surface area contributed by atoms with Crippen molar-refractivity contribution in [2.45, 2.75) is 0 Å². The van der Waals surface area contributed by atoms with Crippen LogP contribution < -0.4 is 4.74 Å². The second kappa shape index (κ2) is 4.37. The Morgan fingerprint density at radius 1 is 1.44 bits per heavy atom. The number of hydrogen-bond acceptors (Lipinski definition) is 3. The van der Waals surface area contributed by atoms with E-state index in [2.05, 4.69) is 4.98 Å². The third kappa shape index (κ3) is 2.06. The van der Waals surface area contributed by atoms with Gasteiger partial charge in [-0.1, -0.05) is 23.7 Å². The van der Waals surface area contributed by atoms with Gasteiger partial charge in [0, 0.05) is 11.6 Å². The molecular formula is C11H8ClNO3. The minimum absolute atomic E-state index is 0.396. The standard InChI is InChI=1S/C11H8ClNO3/c12-8-4-5-13-11-7(8)2-1-3-9(11)16-6-10(14)15/h1-5H,6H2,(H,14,15). The molecule has 1 heterocycles. The molecule has 4 nitrogen and oxygen atoms in total. The maximum atomic E-state index is 10.4. The van der Waals surface area contributed by atoms with Crippen LogP contribution in [0.5, 0.6) is 5.75 Å². The zero-order chi connectivity index (χ0) is 11.5. The molecule has 0 aliphatic heterocycles. The summed E-state index contributed by atoms with van der Waals surface area (Å²) in [6.45, 7) is -0.396. The molecule has 0 atom stereocenters. The Morgan fingerprint density at radius 3 is 3.00 bits per heavy atom. The van der Waals surface area contributed by atoms with Crippen molar-refractivity contribution in [3.05, 3.63) is 35.5 Å². The Kier molecular flexibility index (Phi) is 2.92. The molecule has 0 unspecified atom stereocenters. The normalized spacial score (nSPS) is 10.3. The van der Waals surface area contributed by atoms with Crippen molar-refractivity contribution in [3.63, 3.8) is 0 Å². The van der Waals surface area contributed by atoms with Crippen molar-refractivity contribution >= 4 is 28.5 Å². The highest BCUT2D eigenvalue weighted by molar-refractivity contribution is 6.35. The third-order valence-electron chi connectivity index (χ3n) is 2.03. The van der Waals surface area contributed by atoms with Crippen LogP contribution in [0, 0.1) is 0 Å². The van der Waals surface area contributed by atoms with Gasteiger partial charge in [-0.15, -0.1) is 0 Å². The van der Waals surface area contributed by atoms with E-state index in [0.29, 0.717) is 16.3 Å². The lowest BCUT2D eigenvalue weighted by molar-refractivity contribution is -0.139. The van der Waals surface area contributed by atoms with Crippen molar-refractivity contribution in [2.24, 2.45) is 0 Å². The second-order valence-electron chi connectivity index (χ2n) is 3.13. The van der Waals surface area contributed by atoms with E-state index in [1.165, 1.54) is 0 Å². The van der Waals surface area contributed by atoms with Gasteiger partial charge < -0.3 is 9.84 Å². The van der Waals surface area contributed by atoms with Gasteiger partial charge in [0.15, 0.2) is 6.61 Å². The first-order valence-electron chi connectivity index (χ1n) is 4.56. The predicted octanol–water partition coefficient (Wildman–Crippen LogP) is 2.35. The van der Waals surface area contributed by atoms with Crippen LogP contribution in [0.25, 0.3) is 10.9 Å². The highest BCUT2D eigenvalue weighted by Gasteiger charge is 2.07. The molecule has 0 bridgehead atoms. The molecule has 0 amide bonds. The topological polar surface area (TPSA) is 59.4 Å². The molecule has 16 heavy (non-hydrogen) atoms. The van der Waals surface area contributed by atoms with Crippen LogP contribution in [0.1, 0.15) is 0 Å². The van der Waals surface area contributed by atoms with E-state index >= 15 is 0 Å². The summed E-state index contributed by atoms with van der Waals surface area (Å²) < 4.78 is 5.12. The van der Waals surface area contributed by atoms with Crippen molar-refractivity contribution in [1.82, 2.24) is 4.98 Å². The second-order valence-corrected chi connectivity index (χ2v) is 3.53. The molecule has 0 fully saturated rings. The SMILES string of the molecule is O=C(O)COc1cccc2c(Cl)ccnc12. The lowest BCUT2D eigenvalue weighted by Gasteiger charge is -2.06. The fraction of sp³-hybridized carbons (Fsp3) is 0.0909. The summed E-state index contributed by atoms with van der Waals surface area (Å²) in [6, 6.07) is 6.88. The molecule has 2 rings (SSSR count). The molecule has 0 aliphatic rings. The molecule has 0 spiro atoms. The number of ether oxygens (including phenoxy) is 1. The van der Waals surface area contributed by atoms with Gasteiger partial charge in [-0.3, -0.25) is 4.98 Å². The number of carboxylic acid groups (broad SMARTS) is 1. The molecule has 1 aromatic heterocycles. The minimum atomic E-state index is -1.03. The first-order valence-corrected chi connectivity index (χ1v) is 4.94. The number of rotatable bonds is 3. The van der Waals surface area contributed by atoms with Gasteiger partial charge in [-0.05, 0) is 12.1 Å². The molecule has 2 aromatic rings. The van der Waals surface area contributed by atoms with Crippen LogP contribution in [0.4, 0.5) is 0 Å². The summed E-state index contributed by atoms with van der Waals surface area (Å²) >= 11 is 5.98. The molecule has 0 saturated heterocycles. The van der Waals surface area contributed by atoms with Crippen LogP contribution in [0.15, 0.2) is 30.5 Å². The summed E-state index contributed by atoms with van der Waals surface area (Å²) in [5.41, 5.74) is 0.566. The molecule has 1 N–H and O–H groups in total. The monoisotopic (exact) mass is 237 g/mol. The number of aromatic nitrogens is 1. The summed E-state index contributed by atoms with van der Waals surface area (Å²) in [6.07, 6.45) is 1.55. The molecular weight excluding hydrogens is 230 g/mol. The quantitative estimate of drug-likeness (QED) is 0.890. The summed E-state index contributed by atoms with van der Waals surface area (Å²) in [7, 11) is 0. The Balaban J connectivity index is 2.45. The van der Waals surface area contributed by atoms with Crippen LogP contribution in [0.3, 0.4) is 0 Å². The highest BCUT2D eigenvalue weighted by Crippen LogP contribution is 2.28. The Bertz CT molecular complexity index is 542. The van der Waals surface area contributed by atoms with Crippen LogP contribution in [-0.2, 0) is 4.79 Å². The number of para-hydroxylation sites is 1. The van der Waals surface area contributed by atoms with Gasteiger partial charge in [0.1, 0.15) is 11.3 Å². The first kappa shape index (κ1) is 10.7. The summed E-state index contributed by atoms with van der Waals surface area (Å²) in [5, 5.41) is 9.83. The number of hydrogen-bond donors (Lipinski definition) is 1. The summed E-state index contributed by atoms with van der Waals surface area (Å²) in [4.78, 5) is 14.5. The predicted molar refractivity (Wildman–Crippen MR) is 59.9 cm³/mol. The van der Waals surface area contributed by atoms with E-state index < -0.39 is 12.6 Å². The number of halogens is 1. The van der Waals surface area contributed by atoms with E-state index in [1.807, 2.05) is 0 Å². The molecule has 82 valence electrons. The van der Waals surface area contributed by atoms with Gasteiger partial charge in [0.05, 0.1) is 5.02 Å². The van der Waals surface area contributed by atoms with Crippen molar-refractivity contribution in [2.75, 3.05) is 6.61 Å². The maximum absolute atomic E-state index is 10.4. The smallest absolute Gasteiger partial charge is 0.341 e. The van der Waals surface area contributed by atoms with E-state index in [4.69, 9.17) is 21.4 Å². The number of pyridine rings is 1. The largest absolute Gasteiger partial charge is 0.480 e.